The lowest BCUT2D eigenvalue weighted by atomic mass is 10.1. The molecule has 2 aromatic heterocycles. The molecule has 0 atom stereocenters. The predicted molar refractivity (Wildman–Crippen MR) is 114 cm³/mol. The number of nitrogens with zero attached hydrogens (tertiary/aromatic N) is 1. The number of rotatable bonds is 6. The summed E-state index contributed by atoms with van der Waals surface area (Å²) in [6, 6.07) is 4.58. The molecule has 156 valence electrons. The number of carboxylic acids is 1. The van der Waals surface area contributed by atoms with Gasteiger partial charge in [-0.25, -0.2) is 14.6 Å². The lowest BCUT2D eigenvalue weighted by molar-refractivity contribution is 0.0686. The fraction of sp³-hybridized carbons (Fsp3) is 0.111. The van der Waals surface area contributed by atoms with Gasteiger partial charge in [-0.2, -0.15) is 0 Å². The fourth-order valence-electron chi connectivity index (χ4n) is 2.52. The van der Waals surface area contributed by atoms with E-state index in [9.17, 15) is 19.5 Å². The Morgan fingerprint density at radius 3 is 2.70 bits per heavy atom. The van der Waals surface area contributed by atoms with Crippen LogP contribution in [0.25, 0.3) is 11.4 Å². The molecule has 0 saturated carbocycles. The van der Waals surface area contributed by atoms with Crippen molar-refractivity contribution in [3.8, 4) is 17.1 Å². The number of halogens is 2. The zero-order chi connectivity index (χ0) is 21.8. The summed E-state index contributed by atoms with van der Waals surface area (Å²) in [5.41, 5.74) is -0.346. The molecule has 0 aliphatic carbocycles. The molecule has 30 heavy (non-hydrogen) atoms. The van der Waals surface area contributed by atoms with Crippen LogP contribution in [0.4, 0.5) is 10.5 Å². The number of anilines is 1. The van der Waals surface area contributed by atoms with Gasteiger partial charge in [0, 0.05) is 27.4 Å². The second-order valence-corrected chi connectivity index (χ2v) is 7.57. The Morgan fingerprint density at radius 1 is 1.23 bits per heavy atom. The Kier molecular flexibility index (Phi) is 6.60. The average Bonchev–Trinajstić information content (AvgIpc) is 3.13. The van der Waals surface area contributed by atoms with Crippen molar-refractivity contribution in [2.45, 2.75) is 6.42 Å². The number of aromatic hydroxyl groups is 1. The molecule has 9 nitrogen and oxygen atoms in total. The van der Waals surface area contributed by atoms with Gasteiger partial charge < -0.3 is 25.8 Å². The molecule has 5 N–H and O–H groups in total. The number of carboxylic acid groups (broad SMARTS) is 1. The highest BCUT2D eigenvalue weighted by atomic mass is 35.5. The highest BCUT2D eigenvalue weighted by Gasteiger charge is 2.19. The minimum atomic E-state index is -1.55. The van der Waals surface area contributed by atoms with E-state index in [2.05, 4.69) is 20.6 Å². The van der Waals surface area contributed by atoms with E-state index in [1.54, 1.807) is 29.0 Å². The van der Waals surface area contributed by atoms with E-state index >= 15 is 0 Å². The zero-order valence-electron chi connectivity index (χ0n) is 15.0. The molecule has 0 bridgehead atoms. The number of amides is 2. The Hall–Kier alpha value is -3.08. The second-order valence-electron chi connectivity index (χ2n) is 5.98. The van der Waals surface area contributed by atoms with E-state index in [1.165, 1.54) is 11.3 Å². The topological polar surface area (TPSA) is 144 Å². The average molecular weight is 469 g/mol. The van der Waals surface area contributed by atoms with Gasteiger partial charge in [-0.1, -0.05) is 29.3 Å². The lowest BCUT2D eigenvalue weighted by Gasteiger charge is -2.10. The molecule has 0 saturated heterocycles. The maximum Gasteiger partial charge on any atom is 0.358 e. The number of urea groups is 1. The normalized spacial score (nSPS) is 10.6. The Balaban J connectivity index is 1.69. The number of hydrogen-bond acceptors (Lipinski definition) is 6. The van der Waals surface area contributed by atoms with E-state index in [-0.39, 0.29) is 5.82 Å². The summed E-state index contributed by atoms with van der Waals surface area (Å²) in [7, 11) is 0. The summed E-state index contributed by atoms with van der Waals surface area (Å²) in [6.07, 6.45) is 0.481. The smallest absolute Gasteiger partial charge is 0.358 e. The van der Waals surface area contributed by atoms with Crippen molar-refractivity contribution in [3.63, 3.8) is 0 Å². The third-order valence-corrected chi connectivity index (χ3v) is 5.29. The third-order valence-electron chi connectivity index (χ3n) is 3.96. The third kappa shape index (κ3) is 4.90. The van der Waals surface area contributed by atoms with Crippen LogP contribution in [-0.4, -0.2) is 38.7 Å². The van der Waals surface area contributed by atoms with Crippen molar-refractivity contribution in [2.24, 2.45) is 0 Å². The van der Waals surface area contributed by atoms with Crippen molar-refractivity contribution in [1.82, 2.24) is 15.3 Å². The van der Waals surface area contributed by atoms with Gasteiger partial charge in [-0.05, 0) is 24.1 Å². The molecule has 12 heteroatoms. The van der Waals surface area contributed by atoms with Crippen LogP contribution in [0.1, 0.15) is 16.1 Å². The highest BCUT2D eigenvalue weighted by Crippen LogP contribution is 2.29. The standard InChI is InChI=1S/C18H14Cl2N4O5S/c19-9-2-1-8(11(20)5-9)3-4-21-18(29)22-12-7-30-6-10(12)15-23-13(17(27)28)14(25)16(26)24-15/h1-2,5-7,25H,3-4H2,(H,27,28)(H2,21,22,29)(H,23,24,26). The molecule has 0 radical (unpaired) electrons. The molecular weight excluding hydrogens is 455 g/mol. The zero-order valence-corrected chi connectivity index (χ0v) is 17.4. The largest absolute Gasteiger partial charge is 0.501 e. The molecule has 2 amide bonds. The Morgan fingerprint density at radius 2 is 2.00 bits per heavy atom. The number of carbonyl (C=O) groups is 2. The van der Waals surface area contributed by atoms with Gasteiger partial charge in [0.05, 0.1) is 11.3 Å². The summed E-state index contributed by atoms with van der Waals surface area (Å²) in [5, 5.41) is 28.1. The van der Waals surface area contributed by atoms with Crippen LogP contribution in [0.2, 0.25) is 10.0 Å². The van der Waals surface area contributed by atoms with Crippen LogP contribution in [0.5, 0.6) is 5.75 Å². The van der Waals surface area contributed by atoms with Crippen molar-refractivity contribution in [2.75, 3.05) is 11.9 Å². The van der Waals surface area contributed by atoms with Gasteiger partial charge in [0.15, 0.2) is 5.69 Å². The number of aromatic amines is 1. The quantitative estimate of drug-likeness (QED) is 0.373. The minimum absolute atomic E-state index is 0.0975. The van der Waals surface area contributed by atoms with Gasteiger partial charge in [-0.3, -0.25) is 4.79 Å². The summed E-state index contributed by atoms with van der Waals surface area (Å²) in [6.45, 7) is 0.296. The van der Waals surface area contributed by atoms with Crippen molar-refractivity contribution in [3.05, 3.63) is 60.6 Å². The number of benzene rings is 1. The van der Waals surface area contributed by atoms with Crippen molar-refractivity contribution >= 4 is 52.2 Å². The first-order valence-electron chi connectivity index (χ1n) is 8.38. The first kappa shape index (κ1) is 21.6. The number of aromatic nitrogens is 2. The molecule has 0 unspecified atom stereocenters. The van der Waals surface area contributed by atoms with Crippen LogP contribution in [0.3, 0.4) is 0 Å². The molecule has 3 aromatic rings. The van der Waals surface area contributed by atoms with E-state index in [0.29, 0.717) is 34.3 Å². The number of nitrogens with one attached hydrogen (secondary N) is 3. The molecule has 1 aromatic carbocycles. The predicted octanol–water partition coefficient (Wildman–Crippen LogP) is 3.57. The maximum absolute atomic E-state index is 12.2. The van der Waals surface area contributed by atoms with Crippen LogP contribution in [0, 0.1) is 0 Å². The maximum atomic E-state index is 12.2. The summed E-state index contributed by atoms with van der Waals surface area (Å²) < 4.78 is 0. The van der Waals surface area contributed by atoms with E-state index in [4.69, 9.17) is 28.3 Å². The van der Waals surface area contributed by atoms with Crippen LogP contribution >= 0.6 is 34.5 Å². The first-order chi connectivity index (χ1) is 14.3. The molecule has 0 spiro atoms. The van der Waals surface area contributed by atoms with Gasteiger partial charge in [-0.15, -0.1) is 11.3 Å². The first-order valence-corrected chi connectivity index (χ1v) is 10.1. The highest BCUT2D eigenvalue weighted by molar-refractivity contribution is 7.08. The van der Waals surface area contributed by atoms with E-state index < -0.39 is 29.0 Å². The van der Waals surface area contributed by atoms with Gasteiger partial charge in [0.2, 0.25) is 5.75 Å². The molecule has 3 rings (SSSR count). The lowest BCUT2D eigenvalue weighted by Crippen LogP contribution is -2.30. The van der Waals surface area contributed by atoms with Gasteiger partial charge >= 0.3 is 12.0 Å². The Bertz CT molecular complexity index is 1180. The van der Waals surface area contributed by atoms with Crippen LogP contribution in [-0.2, 0) is 6.42 Å². The number of H-pyrrole nitrogens is 1. The van der Waals surface area contributed by atoms with Gasteiger partial charge in [0.25, 0.3) is 5.56 Å². The Labute approximate surface area is 183 Å². The van der Waals surface area contributed by atoms with Crippen LogP contribution in [0.15, 0.2) is 33.8 Å². The van der Waals surface area contributed by atoms with E-state index in [0.717, 1.165) is 5.56 Å². The number of carbonyl (C=O) groups excluding carboxylic acids is 1. The van der Waals surface area contributed by atoms with Gasteiger partial charge in [0.1, 0.15) is 5.82 Å². The number of hydrogen-bond donors (Lipinski definition) is 5. The molecular formula is C18H14Cl2N4O5S. The van der Waals surface area contributed by atoms with Crippen LogP contribution < -0.4 is 16.2 Å². The number of aromatic carboxylic acids is 1. The monoisotopic (exact) mass is 468 g/mol. The summed E-state index contributed by atoms with van der Waals surface area (Å²) in [5.74, 6) is -2.64. The molecule has 0 aliphatic heterocycles. The van der Waals surface area contributed by atoms with E-state index in [1.807, 2.05) is 0 Å². The molecule has 2 heterocycles. The molecule has 0 aliphatic rings. The summed E-state index contributed by atoms with van der Waals surface area (Å²) in [4.78, 5) is 41.2. The summed E-state index contributed by atoms with van der Waals surface area (Å²) >= 11 is 13.2. The minimum Gasteiger partial charge on any atom is -0.501 e. The van der Waals surface area contributed by atoms with Crippen molar-refractivity contribution < 1.29 is 19.8 Å². The second kappa shape index (κ2) is 9.16. The fourth-order valence-corrected chi connectivity index (χ4v) is 3.79. The SMILES string of the molecule is O=C(NCCc1ccc(Cl)cc1Cl)Nc1cscc1-c1nc(C(=O)O)c(O)c(=O)[nH]1. The number of thiophene rings is 1. The van der Waals surface area contributed by atoms with Crippen molar-refractivity contribution in [1.29, 1.82) is 0 Å². The molecule has 0 fully saturated rings.